The van der Waals surface area contributed by atoms with Crippen LogP contribution in [0.2, 0.25) is 5.02 Å². The standard InChI is InChI=1S/C16H19ClN4O/c1-10-7-13(18)16(22-4)9-14(10)20-19-11-5-6-15(21(2)3)12(17)8-11/h5-9H,18H2,1-4H3/b20-19+. The van der Waals surface area contributed by atoms with Crippen molar-refractivity contribution in [3.8, 4) is 5.75 Å². The lowest BCUT2D eigenvalue weighted by molar-refractivity contribution is 0.417. The molecule has 0 aromatic heterocycles. The zero-order valence-corrected chi connectivity index (χ0v) is 13.8. The Labute approximate surface area is 135 Å². The van der Waals surface area contributed by atoms with Crippen LogP contribution in [0, 0.1) is 6.92 Å². The fraction of sp³-hybridized carbons (Fsp3) is 0.250. The molecule has 0 saturated heterocycles. The normalized spacial score (nSPS) is 11.0. The van der Waals surface area contributed by atoms with Gasteiger partial charge in [-0.15, -0.1) is 0 Å². The lowest BCUT2D eigenvalue weighted by Crippen LogP contribution is -2.08. The van der Waals surface area contributed by atoms with Gasteiger partial charge in [0.2, 0.25) is 0 Å². The van der Waals surface area contributed by atoms with E-state index < -0.39 is 0 Å². The molecule has 0 bridgehead atoms. The topological polar surface area (TPSA) is 63.2 Å². The van der Waals surface area contributed by atoms with Crippen molar-refractivity contribution in [3.05, 3.63) is 40.9 Å². The first-order valence-corrected chi connectivity index (χ1v) is 7.13. The molecule has 0 unspecified atom stereocenters. The maximum absolute atomic E-state index is 6.23. The van der Waals surface area contributed by atoms with Crippen molar-refractivity contribution in [2.24, 2.45) is 10.2 Å². The molecule has 22 heavy (non-hydrogen) atoms. The van der Waals surface area contributed by atoms with E-state index in [1.807, 2.05) is 44.1 Å². The van der Waals surface area contributed by atoms with Crippen LogP contribution in [0.15, 0.2) is 40.6 Å². The molecule has 0 amide bonds. The minimum Gasteiger partial charge on any atom is -0.495 e. The Kier molecular flexibility index (Phi) is 4.88. The molecular formula is C16H19ClN4O. The Morgan fingerprint density at radius 1 is 1.14 bits per heavy atom. The Balaban J connectivity index is 2.31. The first-order valence-electron chi connectivity index (χ1n) is 6.75. The van der Waals surface area contributed by atoms with Crippen LogP contribution in [0.4, 0.5) is 22.7 Å². The van der Waals surface area contributed by atoms with Crippen LogP contribution in [0.3, 0.4) is 0 Å². The predicted molar refractivity (Wildman–Crippen MR) is 92.1 cm³/mol. The smallest absolute Gasteiger partial charge is 0.143 e. The highest BCUT2D eigenvalue weighted by atomic mass is 35.5. The summed E-state index contributed by atoms with van der Waals surface area (Å²) >= 11 is 6.23. The number of methoxy groups -OCH3 is 1. The molecule has 0 aliphatic carbocycles. The Bertz CT molecular complexity index is 714. The van der Waals surface area contributed by atoms with Crippen LogP contribution >= 0.6 is 11.6 Å². The number of ether oxygens (including phenoxy) is 1. The molecule has 0 atom stereocenters. The third-order valence-corrected chi connectivity index (χ3v) is 3.54. The largest absolute Gasteiger partial charge is 0.495 e. The van der Waals surface area contributed by atoms with Crippen LogP contribution in [0.1, 0.15) is 5.56 Å². The Morgan fingerprint density at radius 2 is 1.86 bits per heavy atom. The van der Waals surface area contributed by atoms with Gasteiger partial charge in [0.05, 0.1) is 34.9 Å². The van der Waals surface area contributed by atoms with E-state index in [-0.39, 0.29) is 0 Å². The summed E-state index contributed by atoms with van der Waals surface area (Å²) < 4.78 is 5.20. The molecule has 0 spiro atoms. The second-order valence-electron chi connectivity index (χ2n) is 5.11. The van der Waals surface area contributed by atoms with E-state index in [1.165, 1.54) is 0 Å². The zero-order valence-electron chi connectivity index (χ0n) is 13.1. The van der Waals surface area contributed by atoms with Gasteiger partial charge in [-0.1, -0.05) is 11.6 Å². The summed E-state index contributed by atoms with van der Waals surface area (Å²) in [5, 5.41) is 9.12. The average Bonchev–Trinajstić information content (AvgIpc) is 2.46. The van der Waals surface area contributed by atoms with Crippen molar-refractivity contribution in [1.82, 2.24) is 0 Å². The van der Waals surface area contributed by atoms with Crippen molar-refractivity contribution in [1.29, 1.82) is 0 Å². The number of nitrogens with two attached hydrogens (primary N) is 1. The van der Waals surface area contributed by atoms with Gasteiger partial charge in [-0.25, -0.2) is 0 Å². The van der Waals surface area contributed by atoms with Gasteiger partial charge in [0.25, 0.3) is 0 Å². The lowest BCUT2D eigenvalue weighted by atomic mass is 10.1. The lowest BCUT2D eigenvalue weighted by Gasteiger charge is -2.14. The second kappa shape index (κ2) is 6.66. The van der Waals surface area contributed by atoms with E-state index in [0.717, 1.165) is 11.3 Å². The van der Waals surface area contributed by atoms with Gasteiger partial charge in [0.1, 0.15) is 5.75 Å². The number of aryl methyl sites for hydroxylation is 1. The molecule has 0 fully saturated rings. The van der Waals surface area contributed by atoms with E-state index in [0.29, 0.717) is 27.8 Å². The number of benzene rings is 2. The number of anilines is 2. The third-order valence-electron chi connectivity index (χ3n) is 3.23. The van der Waals surface area contributed by atoms with E-state index in [9.17, 15) is 0 Å². The fourth-order valence-electron chi connectivity index (χ4n) is 2.02. The highest BCUT2D eigenvalue weighted by Crippen LogP contribution is 2.33. The number of rotatable bonds is 4. The second-order valence-corrected chi connectivity index (χ2v) is 5.52. The van der Waals surface area contributed by atoms with Crippen molar-refractivity contribution in [2.75, 3.05) is 31.8 Å². The van der Waals surface area contributed by atoms with Crippen molar-refractivity contribution in [2.45, 2.75) is 6.92 Å². The molecule has 116 valence electrons. The molecule has 2 aromatic rings. The summed E-state index contributed by atoms with van der Waals surface area (Å²) in [5.41, 5.74) is 9.69. The zero-order chi connectivity index (χ0) is 16.3. The summed E-state index contributed by atoms with van der Waals surface area (Å²) in [5.74, 6) is 0.584. The molecule has 0 aliphatic heterocycles. The molecular weight excluding hydrogens is 300 g/mol. The van der Waals surface area contributed by atoms with Crippen molar-refractivity contribution >= 4 is 34.4 Å². The highest BCUT2D eigenvalue weighted by Gasteiger charge is 2.06. The van der Waals surface area contributed by atoms with E-state index in [1.54, 1.807) is 19.2 Å². The minimum absolute atomic E-state index is 0.581. The maximum Gasteiger partial charge on any atom is 0.143 e. The average molecular weight is 319 g/mol. The SMILES string of the molecule is COc1cc(/N=N/c2ccc(N(C)C)c(Cl)c2)c(C)cc1N. The van der Waals surface area contributed by atoms with Crippen LogP contribution in [-0.4, -0.2) is 21.2 Å². The monoisotopic (exact) mass is 318 g/mol. The summed E-state index contributed by atoms with van der Waals surface area (Å²) in [6, 6.07) is 9.14. The first-order chi connectivity index (χ1) is 10.4. The number of halogens is 1. The Morgan fingerprint density at radius 3 is 2.45 bits per heavy atom. The third kappa shape index (κ3) is 3.49. The molecule has 0 aliphatic rings. The summed E-state index contributed by atoms with van der Waals surface area (Å²) in [6.45, 7) is 1.92. The summed E-state index contributed by atoms with van der Waals surface area (Å²) in [4.78, 5) is 1.94. The molecule has 0 heterocycles. The molecule has 5 nitrogen and oxygen atoms in total. The number of hydrogen-bond acceptors (Lipinski definition) is 5. The van der Waals surface area contributed by atoms with Crippen LogP contribution < -0.4 is 15.4 Å². The number of nitrogens with zero attached hydrogens (tertiary/aromatic N) is 3. The van der Waals surface area contributed by atoms with Crippen molar-refractivity contribution in [3.63, 3.8) is 0 Å². The number of azo groups is 1. The van der Waals surface area contributed by atoms with Gasteiger partial charge in [-0.05, 0) is 36.8 Å². The summed E-state index contributed by atoms with van der Waals surface area (Å²) in [7, 11) is 5.44. The highest BCUT2D eigenvalue weighted by molar-refractivity contribution is 6.33. The van der Waals surface area contributed by atoms with Crippen LogP contribution in [0.25, 0.3) is 0 Å². The van der Waals surface area contributed by atoms with Gasteiger partial charge in [-0.2, -0.15) is 10.2 Å². The van der Waals surface area contributed by atoms with Gasteiger partial charge >= 0.3 is 0 Å². The number of hydrogen-bond donors (Lipinski definition) is 1. The molecule has 6 heteroatoms. The van der Waals surface area contributed by atoms with Gasteiger partial charge in [0.15, 0.2) is 0 Å². The quantitative estimate of drug-likeness (QED) is 0.655. The van der Waals surface area contributed by atoms with Crippen LogP contribution in [-0.2, 0) is 0 Å². The Hall–Kier alpha value is -2.27. The van der Waals surface area contributed by atoms with Gasteiger partial charge in [0, 0.05) is 20.2 Å². The fourth-order valence-corrected chi connectivity index (χ4v) is 2.36. The van der Waals surface area contributed by atoms with Gasteiger partial charge in [-0.3, -0.25) is 0 Å². The first kappa shape index (κ1) is 16.1. The van der Waals surface area contributed by atoms with E-state index in [4.69, 9.17) is 22.1 Å². The summed E-state index contributed by atoms with van der Waals surface area (Å²) in [6.07, 6.45) is 0. The van der Waals surface area contributed by atoms with E-state index in [2.05, 4.69) is 10.2 Å². The molecule has 0 saturated carbocycles. The number of nitrogen functional groups attached to an aromatic ring is 1. The molecule has 2 N–H and O–H groups in total. The predicted octanol–water partition coefficient (Wildman–Crippen LogP) is 4.72. The van der Waals surface area contributed by atoms with Crippen molar-refractivity contribution < 1.29 is 4.74 Å². The molecule has 2 rings (SSSR count). The van der Waals surface area contributed by atoms with E-state index >= 15 is 0 Å². The molecule has 2 aromatic carbocycles. The maximum atomic E-state index is 6.23. The minimum atomic E-state index is 0.581. The molecule has 0 radical (unpaired) electrons. The van der Waals surface area contributed by atoms with Gasteiger partial charge < -0.3 is 15.4 Å². The van der Waals surface area contributed by atoms with Crippen LogP contribution in [0.5, 0.6) is 5.75 Å².